The molecule has 0 aliphatic heterocycles. The van der Waals surface area contributed by atoms with Crippen LogP contribution in [0.5, 0.6) is 0 Å². The van der Waals surface area contributed by atoms with Crippen molar-refractivity contribution in [1.82, 2.24) is 20.1 Å². The maximum atomic E-state index is 12.9. The number of hydrogen-bond donors (Lipinski definition) is 2. The molecule has 0 saturated carbocycles. The van der Waals surface area contributed by atoms with E-state index in [1.165, 1.54) is 17.8 Å². The number of nitrogens with one attached hydrogen (secondary N) is 2. The van der Waals surface area contributed by atoms with Crippen molar-refractivity contribution in [3.63, 3.8) is 0 Å². The van der Waals surface area contributed by atoms with E-state index >= 15 is 0 Å². The van der Waals surface area contributed by atoms with Crippen molar-refractivity contribution in [3.8, 4) is 0 Å². The first-order chi connectivity index (χ1) is 16.6. The van der Waals surface area contributed by atoms with Crippen LogP contribution in [0.2, 0.25) is 15.1 Å². The lowest BCUT2D eigenvalue weighted by atomic mass is 10.0. The highest BCUT2D eigenvalue weighted by Crippen LogP contribution is 2.28. The van der Waals surface area contributed by atoms with Crippen LogP contribution in [0.1, 0.15) is 43.0 Å². The first-order valence-corrected chi connectivity index (χ1v) is 13.6. The highest BCUT2D eigenvalue weighted by Gasteiger charge is 2.27. The number of halogens is 4. The molecule has 0 saturated heterocycles. The van der Waals surface area contributed by atoms with Gasteiger partial charge in [0, 0.05) is 21.7 Å². The molecule has 7 nitrogen and oxygen atoms in total. The van der Waals surface area contributed by atoms with Crippen LogP contribution in [0.15, 0.2) is 46.0 Å². The standard InChI is InChI=1S/C23H23BrCl3N5O2S/c1-4-32-21(20(12(2)3)29-22(34)15-7-5-13(25)9-18(15)27)30-31-23(32)35-11-19(33)28-14-6-8-17(26)16(24)10-14/h5-10,12,20H,4,11H2,1-3H3,(H,28,33)(H,29,34)/t20-/m1/s1. The fourth-order valence-corrected chi connectivity index (χ4v) is 5.06. The quantitative estimate of drug-likeness (QED) is 0.255. The molecule has 0 aliphatic rings. The minimum absolute atomic E-state index is 0.0176. The first-order valence-electron chi connectivity index (χ1n) is 10.7. The van der Waals surface area contributed by atoms with Crippen LogP contribution in [-0.4, -0.2) is 32.3 Å². The van der Waals surface area contributed by atoms with E-state index < -0.39 is 6.04 Å². The molecule has 2 aromatic carbocycles. The van der Waals surface area contributed by atoms with Gasteiger partial charge in [0.05, 0.1) is 27.4 Å². The molecule has 1 aromatic heterocycles. The molecule has 35 heavy (non-hydrogen) atoms. The van der Waals surface area contributed by atoms with Gasteiger partial charge in [-0.05, 0) is 65.2 Å². The summed E-state index contributed by atoms with van der Waals surface area (Å²) in [6.45, 7) is 6.48. The van der Waals surface area contributed by atoms with E-state index in [-0.39, 0.29) is 28.5 Å². The Morgan fingerprint density at radius 2 is 1.83 bits per heavy atom. The molecule has 0 radical (unpaired) electrons. The van der Waals surface area contributed by atoms with Crippen LogP contribution in [0.25, 0.3) is 0 Å². The number of nitrogens with zero attached hydrogens (tertiary/aromatic N) is 3. The van der Waals surface area contributed by atoms with Crippen LogP contribution in [0.3, 0.4) is 0 Å². The number of hydrogen-bond acceptors (Lipinski definition) is 5. The number of benzene rings is 2. The van der Waals surface area contributed by atoms with Crippen LogP contribution < -0.4 is 10.6 Å². The molecule has 0 unspecified atom stereocenters. The van der Waals surface area contributed by atoms with Crippen molar-refractivity contribution < 1.29 is 9.59 Å². The Morgan fingerprint density at radius 1 is 1.09 bits per heavy atom. The highest BCUT2D eigenvalue weighted by atomic mass is 79.9. The summed E-state index contributed by atoms with van der Waals surface area (Å²) in [4.78, 5) is 25.4. The Bertz CT molecular complexity index is 1240. The monoisotopic (exact) mass is 617 g/mol. The van der Waals surface area contributed by atoms with Gasteiger partial charge in [0.1, 0.15) is 0 Å². The van der Waals surface area contributed by atoms with Gasteiger partial charge in [0.15, 0.2) is 11.0 Å². The Hall–Kier alpha value is -1.78. The summed E-state index contributed by atoms with van der Waals surface area (Å²) in [5, 5.41) is 16.3. The maximum absolute atomic E-state index is 12.9. The highest BCUT2D eigenvalue weighted by molar-refractivity contribution is 9.10. The first kappa shape index (κ1) is 27.8. The van der Waals surface area contributed by atoms with Gasteiger partial charge in [-0.25, -0.2) is 0 Å². The molecule has 0 fully saturated rings. The Balaban J connectivity index is 1.72. The Kier molecular flexibility index (Phi) is 9.89. The summed E-state index contributed by atoms with van der Waals surface area (Å²) in [5.74, 6) is 0.230. The molecular weight excluding hydrogens is 597 g/mol. The van der Waals surface area contributed by atoms with Crippen LogP contribution in [0.4, 0.5) is 5.69 Å². The lowest BCUT2D eigenvalue weighted by Crippen LogP contribution is -2.34. The number of carbonyl (C=O) groups is 2. The molecule has 3 aromatic rings. The predicted molar refractivity (Wildman–Crippen MR) is 146 cm³/mol. The van der Waals surface area contributed by atoms with Gasteiger partial charge >= 0.3 is 0 Å². The second-order valence-corrected chi connectivity index (χ2v) is 10.9. The molecule has 1 heterocycles. The molecule has 2 N–H and O–H groups in total. The summed E-state index contributed by atoms with van der Waals surface area (Å²) >= 11 is 22.8. The van der Waals surface area contributed by atoms with Crippen molar-refractivity contribution in [3.05, 3.63) is 67.3 Å². The molecule has 1 atom stereocenters. The van der Waals surface area contributed by atoms with Crippen LogP contribution >= 0.6 is 62.5 Å². The summed E-state index contributed by atoms with van der Waals surface area (Å²) in [6, 6.07) is 9.47. The fourth-order valence-electron chi connectivity index (χ4n) is 3.26. The molecule has 186 valence electrons. The summed E-state index contributed by atoms with van der Waals surface area (Å²) < 4.78 is 2.59. The maximum Gasteiger partial charge on any atom is 0.253 e. The minimum atomic E-state index is -0.420. The zero-order valence-electron chi connectivity index (χ0n) is 19.1. The van der Waals surface area contributed by atoms with E-state index in [1.807, 2.05) is 25.3 Å². The summed E-state index contributed by atoms with van der Waals surface area (Å²) in [6.07, 6.45) is 0. The molecule has 0 aliphatic carbocycles. The van der Waals surface area contributed by atoms with E-state index in [1.54, 1.807) is 30.3 Å². The van der Waals surface area contributed by atoms with Gasteiger partial charge < -0.3 is 15.2 Å². The van der Waals surface area contributed by atoms with Gasteiger partial charge in [0.2, 0.25) is 5.91 Å². The molecule has 3 rings (SSSR count). The van der Waals surface area contributed by atoms with Crippen molar-refractivity contribution in [1.29, 1.82) is 0 Å². The van der Waals surface area contributed by atoms with E-state index in [0.717, 1.165) is 0 Å². The van der Waals surface area contributed by atoms with Gasteiger partial charge in [-0.15, -0.1) is 10.2 Å². The minimum Gasteiger partial charge on any atom is -0.342 e. The lowest BCUT2D eigenvalue weighted by molar-refractivity contribution is -0.113. The third kappa shape index (κ3) is 7.13. The number of carbonyl (C=O) groups excluding carboxylic acids is 2. The zero-order valence-corrected chi connectivity index (χ0v) is 23.8. The molecule has 12 heteroatoms. The average Bonchev–Trinajstić information content (AvgIpc) is 3.20. The number of thioether (sulfide) groups is 1. The smallest absolute Gasteiger partial charge is 0.253 e. The summed E-state index contributed by atoms with van der Waals surface area (Å²) in [5.41, 5.74) is 0.956. The van der Waals surface area contributed by atoms with Gasteiger partial charge in [-0.1, -0.05) is 60.4 Å². The molecule has 0 spiro atoms. The third-order valence-corrected chi connectivity index (χ3v) is 7.73. The van der Waals surface area contributed by atoms with Crippen molar-refractivity contribution >= 4 is 80.0 Å². The number of amides is 2. The SMILES string of the molecule is CCn1c(SCC(=O)Nc2ccc(Cl)c(Br)c2)nnc1[C@H](NC(=O)c1ccc(Cl)cc1Cl)C(C)C. The lowest BCUT2D eigenvalue weighted by Gasteiger charge is -2.22. The normalized spacial score (nSPS) is 12.0. The average molecular weight is 620 g/mol. The number of rotatable bonds is 9. The van der Waals surface area contributed by atoms with Crippen molar-refractivity contribution in [2.75, 3.05) is 11.1 Å². The van der Waals surface area contributed by atoms with Crippen molar-refractivity contribution in [2.24, 2.45) is 5.92 Å². The third-order valence-electron chi connectivity index (χ3n) is 5.00. The molecule has 2 amide bonds. The van der Waals surface area contributed by atoms with E-state index in [4.69, 9.17) is 34.8 Å². The zero-order chi connectivity index (χ0) is 25.7. The predicted octanol–water partition coefficient (Wildman–Crippen LogP) is 6.88. The van der Waals surface area contributed by atoms with E-state index in [9.17, 15) is 9.59 Å². The van der Waals surface area contributed by atoms with Gasteiger partial charge in [-0.3, -0.25) is 9.59 Å². The second kappa shape index (κ2) is 12.5. The van der Waals surface area contributed by atoms with Gasteiger partial charge in [-0.2, -0.15) is 0 Å². The largest absolute Gasteiger partial charge is 0.342 e. The van der Waals surface area contributed by atoms with E-state index in [0.29, 0.717) is 43.3 Å². The molecular formula is C23H23BrCl3N5O2S. The van der Waals surface area contributed by atoms with Crippen LogP contribution in [-0.2, 0) is 11.3 Å². The Labute approximate surface area is 231 Å². The molecule has 0 bridgehead atoms. The van der Waals surface area contributed by atoms with E-state index in [2.05, 4.69) is 36.8 Å². The van der Waals surface area contributed by atoms with Crippen molar-refractivity contribution in [2.45, 2.75) is 38.5 Å². The fraction of sp³-hybridized carbons (Fsp3) is 0.304. The van der Waals surface area contributed by atoms with Gasteiger partial charge in [0.25, 0.3) is 5.91 Å². The Morgan fingerprint density at radius 3 is 2.46 bits per heavy atom. The summed E-state index contributed by atoms with van der Waals surface area (Å²) in [7, 11) is 0. The number of anilines is 1. The number of aromatic nitrogens is 3. The van der Waals surface area contributed by atoms with Crippen LogP contribution in [0, 0.1) is 5.92 Å². The topological polar surface area (TPSA) is 88.9 Å². The second-order valence-electron chi connectivity index (χ2n) is 7.87.